The number of nitrogens with zero attached hydrogens (tertiary/aromatic N) is 4. The molecule has 0 aliphatic rings. The highest BCUT2D eigenvalue weighted by atomic mass is 16.3. The summed E-state index contributed by atoms with van der Waals surface area (Å²) >= 11 is 0. The highest BCUT2D eigenvalue weighted by Gasteiger charge is 2.35. The van der Waals surface area contributed by atoms with Crippen LogP contribution in [0.1, 0.15) is 112 Å². The minimum Gasteiger partial charge on any atom is -0.394 e. The SMILES string of the molecule is C#CC[C@H](NC(=O)[C@H](CCC(N)=O)NC(=O)[C@@H](NC(=O)[C@H](CO)NC(=O)[C@H](CCCN=[N+]=[N-])NC(=O)CNC(=O)[C@H](CCCCN)NC(C)=O)[C@@H](C)CC)C(=O)N[C@@H](CC(C)C)C(=O)N[C@@H](CCCN=C(N)N)C(N)=O. The summed E-state index contributed by atoms with van der Waals surface area (Å²) in [6, 6.07) is -11.1. The molecule has 20 N–H and O–H groups in total. The van der Waals surface area contributed by atoms with Gasteiger partial charge in [-0.2, -0.15) is 0 Å². The summed E-state index contributed by atoms with van der Waals surface area (Å²) in [5.41, 5.74) is 35.9. The second kappa shape index (κ2) is 37.9. The van der Waals surface area contributed by atoms with Crippen molar-refractivity contribution in [2.75, 3.05) is 32.8 Å². The van der Waals surface area contributed by atoms with Gasteiger partial charge in [-0.3, -0.25) is 57.7 Å². The lowest BCUT2D eigenvalue weighted by molar-refractivity contribution is -0.137. The molecule has 0 spiro atoms. The van der Waals surface area contributed by atoms with Crippen molar-refractivity contribution in [2.45, 2.75) is 160 Å². The first kappa shape index (κ1) is 68.2. The summed E-state index contributed by atoms with van der Waals surface area (Å²) < 4.78 is 0. The molecule has 0 bridgehead atoms. The first-order valence-electron chi connectivity index (χ1n) is 24.9. The average molecular weight is 1080 g/mol. The maximum atomic E-state index is 14.0. The summed E-state index contributed by atoms with van der Waals surface area (Å²) in [6.07, 6.45) is 6.13. The molecule has 0 heterocycles. The molecule has 11 amide bonds. The Morgan fingerprint density at radius 2 is 1.14 bits per heavy atom. The molecule has 0 aromatic carbocycles. The van der Waals surface area contributed by atoms with Gasteiger partial charge in [-0.1, -0.05) is 39.2 Å². The number of rotatable bonds is 39. The van der Waals surface area contributed by atoms with Gasteiger partial charge in [0.25, 0.3) is 0 Å². The standard InChI is InChI=1S/C46H80N18O12/c1-7-13-29(40(71)61-33(22-25(3)4)43(74)58-28(38(49)69)15-11-20-53-46(50)51)59-42(73)32(17-18-35(48)67)60-45(76)37(26(5)8-2)63-44(75)34(24-65)62-41(72)31(16-12-21-55-64-52)57-36(68)23-54-39(70)30(56-27(6)66)14-9-10-19-47/h1,25-26,28-34,37,65H,8-24,47H2,2-6H3,(H2,48,67)(H2,49,69)(H,54,70)(H,56,66)(H,57,68)(H,58,74)(H,59,73)(H,60,76)(H,61,71)(H,62,72)(H,63,75)(H4,50,51,53)/t26-,28-,29-,30-,31-,32-,33-,34-,37-/m0/s1. The Morgan fingerprint density at radius 3 is 1.68 bits per heavy atom. The summed E-state index contributed by atoms with van der Waals surface area (Å²) in [5, 5.41) is 35.8. The third-order valence-electron chi connectivity index (χ3n) is 11.4. The molecule has 0 radical (unpaired) electrons. The molecule has 0 aromatic rings. The second-order valence-corrected chi connectivity index (χ2v) is 18.2. The third kappa shape index (κ3) is 28.6. The molecule has 0 saturated heterocycles. The Bertz CT molecular complexity index is 2090. The van der Waals surface area contributed by atoms with Crippen LogP contribution in [0.25, 0.3) is 10.4 Å². The zero-order valence-electron chi connectivity index (χ0n) is 44.0. The predicted molar refractivity (Wildman–Crippen MR) is 277 cm³/mol. The Balaban J connectivity index is 6.42. The highest BCUT2D eigenvalue weighted by Crippen LogP contribution is 2.12. The molecule has 0 aromatic heterocycles. The van der Waals surface area contributed by atoms with Crippen LogP contribution in [0.3, 0.4) is 0 Å². The van der Waals surface area contributed by atoms with E-state index < -0.39 is 152 Å². The van der Waals surface area contributed by atoms with Crippen molar-refractivity contribution < 1.29 is 57.8 Å². The van der Waals surface area contributed by atoms with Crippen LogP contribution in [0.15, 0.2) is 10.1 Å². The molecule has 426 valence electrons. The number of amides is 11. The van der Waals surface area contributed by atoms with E-state index in [0.717, 1.165) is 0 Å². The van der Waals surface area contributed by atoms with Crippen LogP contribution >= 0.6 is 0 Å². The minimum atomic E-state index is -1.74. The van der Waals surface area contributed by atoms with Gasteiger partial charge in [-0.05, 0) is 81.7 Å². The first-order chi connectivity index (χ1) is 35.8. The van der Waals surface area contributed by atoms with E-state index in [2.05, 4.69) is 68.8 Å². The molecular weight excluding hydrogens is 997 g/mol. The fourth-order valence-corrected chi connectivity index (χ4v) is 7.10. The van der Waals surface area contributed by atoms with Crippen molar-refractivity contribution >= 4 is 70.9 Å². The molecular formula is C46H80N18O12. The van der Waals surface area contributed by atoms with Gasteiger partial charge in [-0.25, -0.2) is 0 Å². The third-order valence-corrected chi connectivity index (χ3v) is 11.4. The van der Waals surface area contributed by atoms with Gasteiger partial charge in [0.15, 0.2) is 5.96 Å². The Hall–Kier alpha value is -7.77. The number of unbranched alkanes of at least 4 members (excludes halogenated alkanes) is 1. The minimum absolute atomic E-state index is 0.0600. The normalized spacial score (nSPS) is 14.2. The number of primary amides is 2. The van der Waals surface area contributed by atoms with Crippen molar-refractivity contribution in [3.05, 3.63) is 10.4 Å². The fourth-order valence-electron chi connectivity index (χ4n) is 7.10. The van der Waals surface area contributed by atoms with Crippen LogP contribution < -0.4 is 76.5 Å². The van der Waals surface area contributed by atoms with Gasteiger partial charge < -0.3 is 81.6 Å². The zero-order chi connectivity index (χ0) is 57.9. The van der Waals surface area contributed by atoms with Crippen LogP contribution in [0.2, 0.25) is 0 Å². The van der Waals surface area contributed by atoms with E-state index in [1.165, 1.54) is 6.92 Å². The molecule has 76 heavy (non-hydrogen) atoms. The Kier molecular flexibility index (Phi) is 34.0. The fraction of sp³-hybridized carbons (Fsp3) is 0.696. The topological polar surface area (TPSA) is 507 Å². The number of aliphatic imine (C=N–C) groups is 1. The number of nitrogens with two attached hydrogens (primary N) is 5. The van der Waals surface area contributed by atoms with Crippen molar-refractivity contribution in [3.63, 3.8) is 0 Å². The molecule has 0 rings (SSSR count). The van der Waals surface area contributed by atoms with Gasteiger partial charge in [0.05, 0.1) is 13.2 Å². The number of guanidine groups is 1. The largest absolute Gasteiger partial charge is 0.394 e. The summed E-state index contributed by atoms with van der Waals surface area (Å²) in [7, 11) is 0. The lowest BCUT2D eigenvalue weighted by Gasteiger charge is -2.29. The quantitative estimate of drug-likeness (QED) is 0.00522. The number of hydrogen-bond donors (Lipinski definition) is 15. The lowest BCUT2D eigenvalue weighted by atomic mass is 9.97. The smallest absolute Gasteiger partial charge is 0.245 e. The van der Waals surface area contributed by atoms with E-state index in [4.69, 9.17) is 40.6 Å². The van der Waals surface area contributed by atoms with Gasteiger partial charge >= 0.3 is 0 Å². The molecule has 30 heteroatoms. The molecule has 30 nitrogen and oxygen atoms in total. The maximum absolute atomic E-state index is 14.0. The predicted octanol–water partition coefficient (Wildman–Crippen LogP) is -4.87. The van der Waals surface area contributed by atoms with E-state index in [1.807, 2.05) is 0 Å². The first-order valence-corrected chi connectivity index (χ1v) is 24.9. The number of aliphatic hydroxyl groups excluding tert-OH is 1. The van der Waals surface area contributed by atoms with E-state index in [-0.39, 0.29) is 69.9 Å². The summed E-state index contributed by atoms with van der Waals surface area (Å²) in [4.78, 5) is 151. The Labute approximate surface area is 441 Å². The van der Waals surface area contributed by atoms with E-state index in [1.54, 1.807) is 27.7 Å². The summed E-state index contributed by atoms with van der Waals surface area (Å²) in [6.45, 7) is 6.72. The summed E-state index contributed by atoms with van der Waals surface area (Å²) in [5.74, 6) is -8.32. The van der Waals surface area contributed by atoms with Gasteiger partial charge in [0.2, 0.25) is 65.0 Å². The van der Waals surface area contributed by atoms with Crippen LogP contribution in [-0.2, 0) is 52.7 Å². The number of carbonyl (C=O) groups is 11. The highest BCUT2D eigenvalue weighted by molar-refractivity contribution is 5.98. The molecule has 0 aliphatic heterocycles. The van der Waals surface area contributed by atoms with Crippen LogP contribution in [0, 0.1) is 24.2 Å². The van der Waals surface area contributed by atoms with Crippen LogP contribution in [-0.4, -0.2) is 157 Å². The van der Waals surface area contributed by atoms with Gasteiger partial charge in [0.1, 0.15) is 48.3 Å². The molecule has 0 unspecified atom stereocenters. The molecule has 0 aliphatic carbocycles. The van der Waals surface area contributed by atoms with Crippen molar-refractivity contribution in [3.8, 4) is 12.3 Å². The second-order valence-electron chi connectivity index (χ2n) is 18.2. The molecule has 0 fully saturated rings. The van der Waals surface area contributed by atoms with Gasteiger partial charge in [-0.15, -0.1) is 12.3 Å². The average Bonchev–Trinajstić information content (AvgIpc) is 3.35. The zero-order valence-corrected chi connectivity index (χ0v) is 44.0. The van der Waals surface area contributed by atoms with E-state index >= 15 is 0 Å². The number of nitrogens with one attached hydrogen (secondary N) is 9. The number of carbonyl (C=O) groups excluding carboxylic acids is 11. The Morgan fingerprint density at radius 1 is 0.632 bits per heavy atom. The van der Waals surface area contributed by atoms with Gasteiger partial charge in [0, 0.05) is 37.8 Å². The van der Waals surface area contributed by atoms with Crippen molar-refractivity contribution in [2.24, 2.45) is 50.6 Å². The number of azide groups is 1. The van der Waals surface area contributed by atoms with E-state index in [0.29, 0.717) is 19.4 Å². The van der Waals surface area contributed by atoms with E-state index in [9.17, 15) is 57.8 Å². The van der Waals surface area contributed by atoms with Crippen LogP contribution in [0.4, 0.5) is 0 Å². The number of aliphatic hydroxyl groups is 1. The monoisotopic (exact) mass is 1080 g/mol. The lowest BCUT2D eigenvalue weighted by Crippen LogP contribution is -2.61. The maximum Gasteiger partial charge on any atom is 0.245 e. The number of terminal acetylenes is 1. The number of hydrogen-bond acceptors (Lipinski definition) is 15. The molecule has 9 atom stereocenters. The van der Waals surface area contributed by atoms with Crippen LogP contribution in [0.5, 0.6) is 0 Å². The van der Waals surface area contributed by atoms with Crippen molar-refractivity contribution in [1.82, 2.24) is 47.9 Å². The van der Waals surface area contributed by atoms with Crippen molar-refractivity contribution in [1.29, 1.82) is 0 Å². The molecule has 0 saturated carbocycles.